The molecule has 0 fully saturated rings. The third-order valence-corrected chi connectivity index (χ3v) is 4.81. The molecule has 0 aliphatic carbocycles. The number of amides is 1. The molecule has 0 aliphatic heterocycles. The molecule has 4 heteroatoms. The van der Waals surface area contributed by atoms with E-state index in [1.165, 1.54) is 6.92 Å². The summed E-state index contributed by atoms with van der Waals surface area (Å²) in [6, 6.07) is 16.5. The largest absolute Gasteiger partial charge is 0.323 e. The first-order valence-electron chi connectivity index (χ1n) is 8.36. The minimum absolute atomic E-state index is 0.0449. The Labute approximate surface area is 154 Å². The van der Waals surface area contributed by atoms with Crippen LogP contribution in [0.2, 0.25) is 5.02 Å². The first kappa shape index (κ1) is 19.2. The Morgan fingerprint density at radius 3 is 2.28 bits per heavy atom. The number of nitrogens with zero attached hydrogens (tertiary/aromatic N) is 1. The average Bonchev–Trinajstić information content (AvgIpc) is 2.55. The number of benzene rings is 2. The summed E-state index contributed by atoms with van der Waals surface area (Å²) in [7, 11) is 0. The van der Waals surface area contributed by atoms with Crippen molar-refractivity contribution in [3.63, 3.8) is 0 Å². The predicted octanol–water partition coefficient (Wildman–Crippen LogP) is 4.62. The highest BCUT2D eigenvalue weighted by Gasteiger charge is 2.37. The van der Waals surface area contributed by atoms with E-state index in [4.69, 9.17) is 11.6 Å². The van der Waals surface area contributed by atoms with E-state index in [0.29, 0.717) is 5.02 Å². The Bertz CT molecular complexity index is 756. The number of rotatable bonds is 6. The standard InChI is InChI=1S/C21H24ClNO2/c1-15(16(2)24)23(20(25)13-17-9-6-5-7-10-17)21(3,4)18-11-8-12-19(22)14-18/h5-12,14-15H,13H2,1-4H3. The van der Waals surface area contributed by atoms with Crippen molar-refractivity contribution < 1.29 is 9.59 Å². The topological polar surface area (TPSA) is 37.4 Å². The Morgan fingerprint density at radius 1 is 1.08 bits per heavy atom. The molecule has 2 aromatic carbocycles. The highest BCUT2D eigenvalue weighted by molar-refractivity contribution is 6.30. The molecule has 132 valence electrons. The van der Waals surface area contributed by atoms with Gasteiger partial charge in [0.1, 0.15) is 0 Å². The van der Waals surface area contributed by atoms with Gasteiger partial charge in [-0.1, -0.05) is 54.1 Å². The summed E-state index contributed by atoms with van der Waals surface area (Å²) >= 11 is 6.14. The number of carbonyl (C=O) groups excluding carboxylic acids is 2. The van der Waals surface area contributed by atoms with E-state index in [2.05, 4.69) is 0 Å². The molecule has 1 unspecified atom stereocenters. The maximum Gasteiger partial charge on any atom is 0.228 e. The van der Waals surface area contributed by atoms with Crippen molar-refractivity contribution in [1.82, 2.24) is 4.90 Å². The van der Waals surface area contributed by atoms with Gasteiger partial charge in [-0.25, -0.2) is 0 Å². The Morgan fingerprint density at radius 2 is 1.72 bits per heavy atom. The van der Waals surface area contributed by atoms with Crippen molar-refractivity contribution in [3.05, 3.63) is 70.7 Å². The van der Waals surface area contributed by atoms with E-state index in [9.17, 15) is 9.59 Å². The number of ketones is 1. The van der Waals surface area contributed by atoms with Gasteiger partial charge in [0, 0.05) is 5.02 Å². The number of carbonyl (C=O) groups is 2. The maximum absolute atomic E-state index is 13.1. The lowest BCUT2D eigenvalue weighted by molar-refractivity contribution is -0.144. The van der Waals surface area contributed by atoms with Gasteiger partial charge in [0.05, 0.1) is 18.0 Å². The fourth-order valence-electron chi connectivity index (χ4n) is 3.06. The summed E-state index contributed by atoms with van der Waals surface area (Å²) < 4.78 is 0. The lowest BCUT2D eigenvalue weighted by Gasteiger charge is -2.42. The van der Waals surface area contributed by atoms with E-state index < -0.39 is 11.6 Å². The summed E-state index contributed by atoms with van der Waals surface area (Å²) in [6.45, 7) is 7.18. The van der Waals surface area contributed by atoms with Crippen LogP contribution in [0.15, 0.2) is 54.6 Å². The maximum atomic E-state index is 13.1. The Kier molecular flexibility index (Phi) is 6.02. The van der Waals surface area contributed by atoms with E-state index in [1.807, 2.05) is 62.4 Å². The van der Waals surface area contributed by atoms with Gasteiger partial charge in [0.15, 0.2) is 5.78 Å². The van der Waals surface area contributed by atoms with Gasteiger partial charge in [-0.15, -0.1) is 0 Å². The van der Waals surface area contributed by atoms with Crippen LogP contribution in [-0.2, 0) is 21.5 Å². The Hall–Kier alpha value is -2.13. The second-order valence-corrected chi connectivity index (χ2v) is 7.22. The molecule has 0 N–H and O–H groups in total. The van der Waals surface area contributed by atoms with Crippen LogP contribution in [0.5, 0.6) is 0 Å². The zero-order valence-corrected chi connectivity index (χ0v) is 15.9. The van der Waals surface area contributed by atoms with Gasteiger partial charge in [0.25, 0.3) is 0 Å². The number of hydrogen-bond donors (Lipinski definition) is 0. The van der Waals surface area contributed by atoms with Gasteiger partial charge < -0.3 is 4.90 Å². The second-order valence-electron chi connectivity index (χ2n) is 6.78. The minimum atomic E-state index is -0.665. The van der Waals surface area contributed by atoms with Gasteiger partial charge in [-0.3, -0.25) is 9.59 Å². The molecule has 3 nitrogen and oxygen atoms in total. The second kappa shape index (κ2) is 7.83. The van der Waals surface area contributed by atoms with Crippen molar-refractivity contribution in [3.8, 4) is 0 Å². The van der Waals surface area contributed by atoms with Crippen molar-refractivity contribution in [2.45, 2.75) is 45.7 Å². The molecule has 1 amide bonds. The zero-order valence-electron chi connectivity index (χ0n) is 15.1. The molecule has 1 atom stereocenters. The summed E-state index contributed by atoms with van der Waals surface area (Å²) in [5, 5.41) is 0.608. The molecule has 0 heterocycles. The van der Waals surface area contributed by atoms with Crippen molar-refractivity contribution in [2.75, 3.05) is 0 Å². The lowest BCUT2D eigenvalue weighted by Crippen LogP contribution is -2.53. The van der Waals surface area contributed by atoms with Gasteiger partial charge in [-0.05, 0) is 51.0 Å². The van der Waals surface area contributed by atoms with Crippen molar-refractivity contribution >= 4 is 23.3 Å². The van der Waals surface area contributed by atoms with Gasteiger partial charge in [-0.2, -0.15) is 0 Å². The van der Waals surface area contributed by atoms with E-state index in [-0.39, 0.29) is 18.1 Å². The van der Waals surface area contributed by atoms with Crippen LogP contribution >= 0.6 is 11.6 Å². The van der Waals surface area contributed by atoms with Crippen LogP contribution in [0, 0.1) is 0 Å². The third kappa shape index (κ3) is 4.49. The van der Waals surface area contributed by atoms with Crippen LogP contribution in [0.4, 0.5) is 0 Å². The molecule has 0 spiro atoms. The zero-order chi connectivity index (χ0) is 18.6. The average molecular weight is 358 g/mol. The molecule has 0 aromatic heterocycles. The molecule has 0 radical (unpaired) electrons. The quantitative estimate of drug-likeness (QED) is 0.756. The van der Waals surface area contributed by atoms with Crippen molar-refractivity contribution in [2.24, 2.45) is 0 Å². The summed E-state index contributed by atoms with van der Waals surface area (Å²) in [5.41, 5.74) is 1.16. The van der Waals surface area contributed by atoms with Gasteiger partial charge in [0.2, 0.25) is 5.91 Å². The SMILES string of the molecule is CC(=O)C(C)N(C(=O)Cc1ccccc1)C(C)(C)c1cccc(Cl)c1. The summed E-state index contributed by atoms with van der Waals surface area (Å²) in [4.78, 5) is 26.8. The van der Waals surface area contributed by atoms with Crippen LogP contribution in [0.25, 0.3) is 0 Å². The molecular weight excluding hydrogens is 334 g/mol. The molecule has 0 saturated heterocycles. The Balaban J connectivity index is 2.41. The molecule has 2 rings (SSSR count). The number of Topliss-reactive ketones (excluding diaryl/α,β-unsaturated/α-hetero) is 1. The molecule has 2 aromatic rings. The molecule has 0 aliphatic rings. The highest BCUT2D eigenvalue weighted by Crippen LogP contribution is 2.32. The molecule has 0 bridgehead atoms. The predicted molar refractivity (Wildman–Crippen MR) is 102 cm³/mol. The summed E-state index contributed by atoms with van der Waals surface area (Å²) in [6.07, 6.45) is 0.252. The van der Waals surface area contributed by atoms with Crippen molar-refractivity contribution in [1.29, 1.82) is 0 Å². The smallest absolute Gasteiger partial charge is 0.228 e. The fraction of sp³-hybridized carbons (Fsp3) is 0.333. The fourth-order valence-corrected chi connectivity index (χ4v) is 3.25. The minimum Gasteiger partial charge on any atom is -0.323 e. The van der Waals surface area contributed by atoms with Crippen LogP contribution < -0.4 is 0 Å². The monoisotopic (exact) mass is 357 g/mol. The normalized spacial score (nSPS) is 12.5. The van der Waals surface area contributed by atoms with E-state index in [1.54, 1.807) is 17.9 Å². The van der Waals surface area contributed by atoms with E-state index >= 15 is 0 Å². The van der Waals surface area contributed by atoms with Crippen LogP contribution in [0.3, 0.4) is 0 Å². The molecular formula is C21H24ClNO2. The van der Waals surface area contributed by atoms with Crippen LogP contribution in [0.1, 0.15) is 38.8 Å². The molecule has 25 heavy (non-hydrogen) atoms. The lowest BCUT2D eigenvalue weighted by atomic mass is 9.89. The van der Waals surface area contributed by atoms with E-state index in [0.717, 1.165) is 11.1 Å². The number of hydrogen-bond acceptors (Lipinski definition) is 2. The van der Waals surface area contributed by atoms with Crippen LogP contribution in [-0.4, -0.2) is 22.6 Å². The number of halogens is 1. The molecule has 0 saturated carbocycles. The first-order valence-corrected chi connectivity index (χ1v) is 8.74. The highest BCUT2D eigenvalue weighted by atomic mass is 35.5. The summed E-state index contributed by atoms with van der Waals surface area (Å²) in [5.74, 6) is -0.129. The third-order valence-electron chi connectivity index (χ3n) is 4.58. The first-order chi connectivity index (χ1) is 11.7. The van der Waals surface area contributed by atoms with Gasteiger partial charge >= 0.3 is 0 Å².